The first-order chi connectivity index (χ1) is 8.66. The quantitative estimate of drug-likeness (QED) is 0.876. The third-order valence-corrected chi connectivity index (χ3v) is 3.10. The number of carbonyl (C=O) groups excluding carboxylic acids is 1. The van der Waals surface area contributed by atoms with Gasteiger partial charge in [0.05, 0.1) is 18.0 Å². The molecule has 1 aromatic rings. The van der Waals surface area contributed by atoms with Crippen LogP contribution in [0.5, 0.6) is 0 Å². The van der Waals surface area contributed by atoms with Gasteiger partial charge in [-0.25, -0.2) is 4.98 Å². The van der Waals surface area contributed by atoms with Crippen molar-refractivity contribution in [1.29, 1.82) is 0 Å². The summed E-state index contributed by atoms with van der Waals surface area (Å²) in [7, 11) is 1.78. The molecule has 0 bridgehead atoms. The average Bonchev–Trinajstić information content (AvgIpc) is 2.40. The van der Waals surface area contributed by atoms with Crippen LogP contribution >= 0.6 is 0 Å². The van der Waals surface area contributed by atoms with E-state index in [9.17, 15) is 4.79 Å². The third kappa shape index (κ3) is 3.20. The molecule has 1 aromatic heterocycles. The summed E-state index contributed by atoms with van der Waals surface area (Å²) in [6, 6.07) is 3.33. The van der Waals surface area contributed by atoms with E-state index >= 15 is 0 Å². The molecule has 1 saturated heterocycles. The Kier molecular flexibility index (Phi) is 4.15. The SMILES string of the molecule is CN(CC1CCCCO1)C(=O)c1ccc(N)cn1. The van der Waals surface area contributed by atoms with Gasteiger partial charge in [0.2, 0.25) is 0 Å². The third-order valence-electron chi connectivity index (χ3n) is 3.10. The molecule has 2 rings (SSSR count). The summed E-state index contributed by atoms with van der Waals surface area (Å²) in [5.41, 5.74) is 6.52. The highest BCUT2D eigenvalue weighted by Crippen LogP contribution is 2.14. The molecule has 0 radical (unpaired) electrons. The molecule has 2 N–H and O–H groups in total. The molecule has 1 atom stereocenters. The molecule has 2 heterocycles. The van der Waals surface area contributed by atoms with E-state index in [-0.39, 0.29) is 12.0 Å². The van der Waals surface area contributed by atoms with E-state index in [2.05, 4.69) is 4.98 Å². The van der Waals surface area contributed by atoms with Crippen molar-refractivity contribution >= 4 is 11.6 Å². The van der Waals surface area contributed by atoms with Gasteiger partial charge in [0, 0.05) is 20.2 Å². The summed E-state index contributed by atoms with van der Waals surface area (Å²) in [4.78, 5) is 17.8. The van der Waals surface area contributed by atoms with Gasteiger partial charge in [-0.1, -0.05) is 0 Å². The largest absolute Gasteiger partial charge is 0.397 e. The number of nitrogens with two attached hydrogens (primary N) is 1. The Morgan fingerprint density at radius 2 is 2.39 bits per heavy atom. The zero-order valence-electron chi connectivity index (χ0n) is 10.6. The highest BCUT2D eigenvalue weighted by molar-refractivity contribution is 5.92. The summed E-state index contributed by atoms with van der Waals surface area (Å²) in [5, 5.41) is 0. The number of hydrogen-bond acceptors (Lipinski definition) is 4. The van der Waals surface area contributed by atoms with Crippen LogP contribution in [0.25, 0.3) is 0 Å². The molecule has 0 saturated carbocycles. The van der Waals surface area contributed by atoms with Gasteiger partial charge in [0.1, 0.15) is 5.69 Å². The van der Waals surface area contributed by atoms with E-state index in [4.69, 9.17) is 10.5 Å². The normalized spacial score (nSPS) is 19.5. The topological polar surface area (TPSA) is 68.5 Å². The van der Waals surface area contributed by atoms with E-state index in [1.807, 2.05) is 0 Å². The minimum atomic E-state index is -0.0934. The van der Waals surface area contributed by atoms with Gasteiger partial charge >= 0.3 is 0 Å². The Bertz CT molecular complexity index is 399. The van der Waals surface area contributed by atoms with Gasteiger partial charge in [-0.15, -0.1) is 0 Å². The van der Waals surface area contributed by atoms with E-state index in [1.54, 1.807) is 24.1 Å². The molecule has 5 nitrogen and oxygen atoms in total. The van der Waals surface area contributed by atoms with Crippen LogP contribution < -0.4 is 5.73 Å². The molecule has 1 unspecified atom stereocenters. The first-order valence-electron chi connectivity index (χ1n) is 6.25. The highest BCUT2D eigenvalue weighted by atomic mass is 16.5. The maximum Gasteiger partial charge on any atom is 0.272 e. The minimum absolute atomic E-state index is 0.0934. The predicted octanol–water partition coefficient (Wildman–Crippen LogP) is 1.30. The Morgan fingerprint density at radius 1 is 1.56 bits per heavy atom. The standard InChI is InChI=1S/C13H19N3O2/c1-16(9-11-4-2-3-7-18-11)13(17)12-6-5-10(14)8-15-12/h5-6,8,11H,2-4,7,9,14H2,1H3. The van der Waals surface area contributed by atoms with Crippen molar-refractivity contribution in [3.63, 3.8) is 0 Å². The number of amides is 1. The first-order valence-corrected chi connectivity index (χ1v) is 6.25. The molecule has 0 spiro atoms. The molecule has 1 aliphatic rings. The van der Waals surface area contributed by atoms with Gasteiger partial charge in [-0.05, 0) is 31.4 Å². The van der Waals surface area contributed by atoms with Gasteiger partial charge < -0.3 is 15.4 Å². The molecule has 18 heavy (non-hydrogen) atoms. The van der Waals surface area contributed by atoms with Crippen LogP contribution in [-0.4, -0.2) is 42.1 Å². The molecule has 1 fully saturated rings. The van der Waals surface area contributed by atoms with Crippen LogP contribution in [0.4, 0.5) is 5.69 Å². The van der Waals surface area contributed by atoms with Crippen LogP contribution in [0, 0.1) is 0 Å². The van der Waals surface area contributed by atoms with Gasteiger partial charge in [0.15, 0.2) is 0 Å². The summed E-state index contributed by atoms with van der Waals surface area (Å²) < 4.78 is 5.62. The van der Waals surface area contributed by atoms with Crippen LogP contribution in [0.1, 0.15) is 29.8 Å². The van der Waals surface area contributed by atoms with Crippen LogP contribution in [0.15, 0.2) is 18.3 Å². The molecule has 98 valence electrons. The molecule has 1 aliphatic heterocycles. The Labute approximate surface area is 107 Å². The fourth-order valence-corrected chi connectivity index (χ4v) is 2.07. The smallest absolute Gasteiger partial charge is 0.272 e. The van der Waals surface area contributed by atoms with Crippen LogP contribution in [-0.2, 0) is 4.74 Å². The summed E-state index contributed by atoms with van der Waals surface area (Å²) in [6.07, 6.45) is 4.97. The second-order valence-corrected chi connectivity index (χ2v) is 4.65. The van der Waals surface area contributed by atoms with Gasteiger partial charge in [0.25, 0.3) is 5.91 Å². The van der Waals surface area contributed by atoms with Crippen LogP contribution in [0.3, 0.4) is 0 Å². The Morgan fingerprint density at radius 3 is 3.00 bits per heavy atom. The van der Waals surface area contributed by atoms with Crippen molar-refractivity contribution in [3.8, 4) is 0 Å². The lowest BCUT2D eigenvalue weighted by Gasteiger charge is -2.27. The lowest BCUT2D eigenvalue weighted by molar-refractivity contribution is -0.000289. The maximum absolute atomic E-state index is 12.1. The Hall–Kier alpha value is -1.62. The van der Waals surface area contributed by atoms with Gasteiger partial charge in [-0.3, -0.25) is 4.79 Å². The van der Waals surface area contributed by atoms with Crippen molar-refractivity contribution in [1.82, 2.24) is 9.88 Å². The van der Waals surface area contributed by atoms with Crippen molar-refractivity contribution in [3.05, 3.63) is 24.0 Å². The lowest BCUT2D eigenvalue weighted by Crippen LogP contribution is -2.37. The number of rotatable bonds is 3. The van der Waals surface area contributed by atoms with E-state index in [1.165, 1.54) is 12.6 Å². The number of likely N-dealkylation sites (N-methyl/N-ethyl adjacent to an activating group) is 1. The van der Waals surface area contributed by atoms with E-state index < -0.39 is 0 Å². The zero-order valence-corrected chi connectivity index (χ0v) is 10.6. The molecule has 5 heteroatoms. The van der Waals surface area contributed by atoms with Gasteiger partial charge in [-0.2, -0.15) is 0 Å². The van der Waals surface area contributed by atoms with Crippen molar-refractivity contribution in [2.75, 3.05) is 25.9 Å². The van der Waals surface area contributed by atoms with Crippen molar-refractivity contribution in [2.24, 2.45) is 0 Å². The number of carbonyl (C=O) groups is 1. The molecule has 0 aromatic carbocycles. The second kappa shape index (κ2) is 5.82. The van der Waals surface area contributed by atoms with E-state index in [0.717, 1.165) is 19.4 Å². The summed E-state index contributed by atoms with van der Waals surface area (Å²) >= 11 is 0. The number of nitrogens with zero attached hydrogens (tertiary/aromatic N) is 2. The lowest BCUT2D eigenvalue weighted by atomic mass is 10.1. The summed E-state index contributed by atoms with van der Waals surface area (Å²) in [5.74, 6) is -0.0934. The number of anilines is 1. The minimum Gasteiger partial charge on any atom is -0.397 e. The fraction of sp³-hybridized carbons (Fsp3) is 0.538. The average molecular weight is 249 g/mol. The second-order valence-electron chi connectivity index (χ2n) is 4.65. The monoisotopic (exact) mass is 249 g/mol. The number of hydrogen-bond donors (Lipinski definition) is 1. The molecule has 1 amide bonds. The Balaban J connectivity index is 1.93. The number of ether oxygens (including phenoxy) is 1. The molecular weight excluding hydrogens is 230 g/mol. The highest BCUT2D eigenvalue weighted by Gasteiger charge is 2.20. The zero-order chi connectivity index (χ0) is 13.0. The fourth-order valence-electron chi connectivity index (χ4n) is 2.07. The van der Waals surface area contributed by atoms with Crippen molar-refractivity contribution < 1.29 is 9.53 Å². The van der Waals surface area contributed by atoms with Crippen molar-refractivity contribution in [2.45, 2.75) is 25.4 Å². The first kappa shape index (κ1) is 12.8. The molecular formula is C13H19N3O2. The number of pyridine rings is 1. The predicted molar refractivity (Wildman–Crippen MR) is 69.2 cm³/mol. The maximum atomic E-state index is 12.1. The summed E-state index contributed by atoms with van der Waals surface area (Å²) in [6.45, 7) is 1.41. The van der Waals surface area contributed by atoms with E-state index in [0.29, 0.717) is 17.9 Å². The van der Waals surface area contributed by atoms with Crippen LogP contribution in [0.2, 0.25) is 0 Å². The number of aromatic nitrogens is 1. The molecule has 0 aliphatic carbocycles. The number of nitrogen functional groups attached to an aromatic ring is 1.